The van der Waals surface area contributed by atoms with Crippen LogP contribution in [0.15, 0.2) is 93.6 Å². The van der Waals surface area contributed by atoms with E-state index in [-0.39, 0.29) is 21.1 Å². The topological polar surface area (TPSA) is 86.3 Å². The summed E-state index contributed by atoms with van der Waals surface area (Å²) in [5.74, 6) is 0. The number of rotatable bonds is 7. The Hall–Kier alpha value is -3.92. The monoisotopic (exact) mass is 576 g/mol. The zero-order valence-corrected chi connectivity index (χ0v) is 24.2. The van der Waals surface area contributed by atoms with Crippen molar-refractivity contribution in [2.45, 2.75) is 18.4 Å². The van der Waals surface area contributed by atoms with Gasteiger partial charge >= 0.3 is 0 Å². The van der Waals surface area contributed by atoms with Crippen molar-refractivity contribution >= 4 is 32.5 Å². The van der Waals surface area contributed by atoms with Crippen molar-refractivity contribution in [1.29, 1.82) is 0 Å². The van der Waals surface area contributed by atoms with E-state index in [4.69, 9.17) is 11.6 Å². The third-order valence-electron chi connectivity index (χ3n) is 6.90. The van der Waals surface area contributed by atoms with Crippen molar-refractivity contribution in [1.82, 2.24) is 18.0 Å². The minimum Gasteiger partial charge on any atom is -0.316 e. The van der Waals surface area contributed by atoms with Gasteiger partial charge in [0.2, 0.25) is 0 Å². The van der Waals surface area contributed by atoms with E-state index < -0.39 is 15.6 Å². The first kappa shape index (κ1) is 27.6. The van der Waals surface area contributed by atoms with E-state index >= 15 is 0 Å². The molecule has 2 aromatic carbocycles. The molecular weight excluding hydrogens is 548 g/mol. The van der Waals surface area contributed by atoms with Crippen LogP contribution in [0.4, 0.5) is 0 Å². The van der Waals surface area contributed by atoms with E-state index in [0.29, 0.717) is 29.6 Å². The van der Waals surface area contributed by atoms with Crippen LogP contribution in [0.2, 0.25) is 5.15 Å². The van der Waals surface area contributed by atoms with Crippen LogP contribution in [0.5, 0.6) is 0 Å². The summed E-state index contributed by atoms with van der Waals surface area (Å²) in [4.78, 5) is 28.8. The molecule has 3 heterocycles. The zero-order valence-electron chi connectivity index (χ0n) is 22.6. The molecule has 0 spiro atoms. The summed E-state index contributed by atoms with van der Waals surface area (Å²) in [5, 5.41) is 0.215. The Labute approximate surface area is 237 Å². The number of aromatic nitrogens is 3. The molecule has 8 nitrogen and oxygen atoms in total. The second-order valence-electron chi connectivity index (χ2n) is 10.1. The number of hydrogen-bond donors (Lipinski definition) is 0. The second kappa shape index (κ2) is 10.6. The van der Waals surface area contributed by atoms with Crippen LogP contribution in [0.1, 0.15) is 5.56 Å². The third kappa shape index (κ3) is 4.92. The molecule has 0 saturated carbocycles. The molecule has 0 saturated heterocycles. The Morgan fingerprint density at radius 1 is 0.875 bits per heavy atom. The van der Waals surface area contributed by atoms with Gasteiger partial charge in [0.1, 0.15) is 10.7 Å². The lowest BCUT2D eigenvalue weighted by atomic mass is 9.95. The largest absolute Gasteiger partial charge is 0.316 e. The van der Waals surface area contributed by atoms with Gasteiger partial charge in [0.25, 0.3) is 21.1 Å². The van der Waals surface area contributed by atoms with Gasteiger partial charge in [0.15, 0.2) is 0 Å². The molecule has 206 valence electrons. The summed E-state index contributed by atoms with van der Waals surface area (Å²) >= 11 is 6.57. The van der Waals surface area contributed by atoms with Gasteiger partial charge in [-0.3, -0.25) is 9.59 Å². The predicted octanol–water partition coefficient (Wildman–Crippen LogP) is 4.60. The fourth-order valence-corrected chi connectivity index (χ4v) is 6.61. The number of nitrogens with zero attached hydrogens (tertiary/aromatic N) is 4. The number of fused-ring (bicyclic) bond motifs is 1. The molecule has 0 aliphatic rings. The van der Waals surface area contributed by atoms with Gasteiger partial charge in [0.05, 0.1) is 4.90 Å². The molecule has 0 radical (unpaired) electrons. The van der Waals surface area contributed by atoms with E-state index in [0.717, 1.165) is 20.7 Å². The van der Waals surface area contributed by atoms with Gasteiger partial charge in [-0.25, -0.2) is 12.4 Å². The summed E-state index contributed by atoms with van der Waals surface area (Å²) in [7, 11) is 1.24. The molecule has 10 heteroatoms. The van der Waals surface area contributed by atoms with Gasteiger partial charge in [-0.2, -0.15) is 0 Å². The van der Waals surface area contributed by atoms with E-state index in [1.54, 1.807) is 29.9 Å². The molecule has 0 bridgehead atoms. The maximum absolute atomic E-state index is 13.7. The first-order valence-electron chi connectivity index (χ1n) is 12.7. The van der Waals surface area contributed by atoms with Crippen LogP contribution in [-0.4, -0.2) is 47.1 Å². The Bertz CT molecular complexity index is 1960. The average Bonchev–Trinajstić information content (AvgIpc) is 3.28. The maximum atomic E-state index is 13.7. The Morgan fingerprint density at radius 2 is 1.55 bits per heavy atom. The van der Waals surface area contributed by atoms with Crippen LogP contribution in [-0.2, 0) is 23.6 Å². The van der Waals surface area contributed by atoms with Gasteiger partial charge in [-0.1, -0.05) is 59.6 Å². The number of halogens is 1. The lowest BCUT2D eigenvalue weighted by Crippen LogP contribution is -2.26. The van der Waals surface area contributed by atoms with Gasteiger partial charge in [-0.15, -0.1) is 0 Å². The minimum atomic E-state index is -4.20. The van der Waals surface area contributed by atoms with Crippen molar-refractivity contribution in [2.24, 2.45) is 7.05 Å². The number of likely N-dealkylation sites (N-methyl/N-ethyl adjacent to an activating group) is 1. The van der Waals surface area contributed by atoms with Crippen LogP contribution in [0.3, 0.4) is 0 Å². The fraction of sp³-hybridized carbons (Fsp3) is 0.200. The first-order chi connectivity index (χ1) is 19.0. The van der Waals surface area contributed by atoms with Crippen molar-refractivity contribution in [3.63, 3.8) is 0 Å². The van der Waals surface area contributed by atoms with E-state index in [1.165, 1.54) is 28.8 Å². The molecule has 0 aliphatic carbocycles. The van der Waals surface area contributed by atoms with E-state index in [1.807, 2.05) is 62.4 Å². The molecule has 0 atom stereocenters. The summed E-state index contributed by atoms with van der Waals surface area (Å²) in [6.07, 6.45) is 3.43. The second-order valence-corrected chi connectivity index (χ2v) is 12.2. The Kier molecular flexibility index (Phi) is 7.31. The highest BCUT2D eigenvalue weighted by Gasteiger charge is 2.27. The SMILES string of the molecule is Cc1ccc(S(=O)(=O)n2c(Cl)cc3c(-c4cc(=O)n(CCN(C)C)cc4-c4ccccc4)cn(C)c(=O)c32)cc1. The predicted molar refractivity (Wildman–Crippen MR) is 160 cm³/mol. The van der Waals surface area contributed by atoms with Crippen LogP contribution in [0, 0.1) is 6.92 Å². The zero-order chi connectivity index (χ0) is 28.8. The quantitative estimate of drug-likeness (QED) is 0.283. The fourth-order valence-electron chi connectivity index (χ4n) is 4.75. The van der Waals surface area contributed by atoms with Crippen LogP contribution in [0.25, 0.3) is 33.2 Å². The standard InChI is InChI=1S/C30H29ClN4O4S/c1-20-10-12-22(13-11-20)40(38,39)35-27(31)16-24-26(18-33(4)30(37)29(24)35)23-17-28(36)34(15-14-32(2)3)19-25(23)21-8-6-5-7-9-21/h5-13,16-19H,14-15H2,1-4H3. The summed E-state index contributed by atoms with van der Waals surface area (Å²) in [6.45, 7) is 3.02. The highest BCUT2D eigenvalue weighted by molar-refractivity contribution is 7.90. The lowest BCUT2D eigenvalue weighted by molar-refractivity contribution is 0.381. The normalized spacial score (nSPS) is 11.9. The Balaban J connectivity index is 1.82. The smallest absolute Gasteiger partial charge is 0.275 e. The maximum Gasteiger partial charge on any atom is 0.275 e. The van der Waals surface area contributed by atoms with Gasteiger partial charge in [-0.05, 0) is 50.3 Å². The van der Waals surface area contributed by atoms with Crippen molar-refractivity contribution in [2.75, 3.05) is 20.6 Å². The molecular formula is C30H29ClN4O4S. The lowest BCUT2D eigenvalue weighted by Gasteiger charge is -2.17. The molecule has 0 N–H and O–H groups in total. The summed E-state index contributed by atoms with van der Waals surface area (Å²) in [6, 6.07) is 19.0. The van der Waals surface area contributed by atoms with Crippen molar-refractivity contribution in [3.8, 4) is 22.3 Å². The highest BCUT2D eigenvalue weighted by Crippen LogP contribution is 2.37. The molecule has 5 aromatic rings. The van der Waals surface area contributed by atoms with Crippen LogP contribution >= 0.6 is 11.6 Å². The average molecular weight is 577 g/mol. The molecule has 5 rings (SSSR count). The van der Waals surface area contributed by atoms with Crippen molar-refractivity contribution < 1.29 is 8.42 Å². The first-order valence-corrected chi connectivity index (χ1v) is 14.5. The molecule has 0 amide bonds. The number of aryl methyl sites for hydroxylation is 2. The minimum absolute atomic E-state index is 0.0124. The molecule has 0 fully saturated rings. The molecule has 0 aliphatic heterocycles. The number of hydrogen-bond acceptors (Lipinski definition) is 5. The summed E-state index contributed by atoms with van der Waals surface area (Å²) < 4.78 is 31.3. The third-order valence-corrected chi connectivity index (χ3v) is 9.01. The molecule has 0 unspecified atom stereocenters. The highest BCUT2D eigenvalue weighted by atomic mass is 35.5. The number of benzene rings is 2. The molecule has 40 heavy (non-hydrogen) atoms. The summed E-state index contributed by atoms with van der Waals surface area (Å²) in [5.41, 5.74) is 2.81. The van der Waals surface area contributed by atoms with Gasteiger partial charge in [0, 0.05) is 55.1 Å². The van der Waals surface area contributed by atoms with E-state index in [2.05, 4.69) is 0 Å². The number of pyridine rings is 2. The van der Waals surface area contributed by atoms with Crippen molar-refractivity contribution in [3.05, 3.63) is 111 Å². The van der Waals surface area contributed by atoms with Crippen LogP contribution < -0.4 is 11.1 Å². The Morgan fingerprint density at radius 3 is 2.20 bits per heavy atom. The molecule has 3 aromatic heterocycles. The van der Waals surface area contributed by atoms with Gasteiger partial charge < -0.3 is 14.0 Å². The van der Waals surface area contributed by atoms with E-state index in [9.17, 15) is 18.0 Å².